The maximum absolute atomic E-state index is 2.30. The van der Waals surface area contributed by atoms with Gasteiger partial charge in [-0.3, -0.25) is 0 Å². The zero-order valence-electron chi connectivity index (χ0n) is 18.2. The van der Waals surface area contributed by atoms with E-state index in [0.29, 0.717) is 5.92 Å². The summed E-state index contributed by atoms with van der Waals surface area (Å²) < 4.78 is 0. The average Bonchev–Trinajstić information content (AvgIpc) is 2.75. The van der Waals surface area contributed by atoms with Gasteiger partial charge in [-0.1, -0.05) is 114 Å². The van der Waals surface area contributed by atoms with E-state index in [4.69, 9.17) is 0 Å². The lowest BCUT2D eigenvalue weighted by molar-refractivity contribution is 0.865. The lowest BCUT2D eigenvalue weighted by Crippen LogP contribution is -1.99. The molecule has 0 heterocycles. The summed E-state index contributed by atoms with van der Waals surface area (Å²) in [6, 6.07) is 13.3. The minimum Gasteiger partial charge on any atom is -0.0870 e. The van der Waals surface area contributed by atoms with E-state index in [1.54, 1.807) is 0 Å². The lowest BCUT2D eigenvalue weighted by Gasteiger charge is -2.19. The third kappa shape index (κ3) is 5.57. The van der Waals surface area contributed by atoms with Crippen molar-refractivity contribution in [2.24, 2.45) is 0 Å². The topological polar surface area (TPSA) is 0 Å². The largest absolute Gasteiger partial charge is 0.0870 e. The number of hydrogen-bond acceptors (Lipinski definition) is 0. The van der Waals surface area contributed by atoms with Crippen LogP contribution >= 0.6 is 0 Å². The minimum absolute atomic E-state index is 0.499. The quantitative estimate of drug-likeness (QED) is 0.512. The third-order valence-corrected chi connectivity index (χ3v) is 4.41. The molecule has 0 aromatic heterocycles. The summed E-state index contributed by atoms with van der Waals surface area (Å²) in [6.45, 7) is 14.7. The van der Waals surface area contributed by atoms with Gasteiger partial charge in [0, 0.05) is 0 Å². The Labute approximate surface area is 167 Å². The first-order valence-corrected chi connectivity index (χ1v) is 10.4. The fourth-order valence-electron chi connectivity index (χ4n) is 3.30. The second kappa shape index (κ2) is 12.1. The molecule has 0 saturated heterocycles. The highest BCUT2D eigenvalue weighted by Crippen LogP contribution is 2.36. The molecule has 0 atom stereocenters. The molecule has 0 heteroatoms. The van der Waals surface area contributed by atoms with Crippen LogP contribution in [0.25, 0.3) is 16.3 Å². The molecule has 0 fully saturated rings. The predicted octanol–water partition coefficient (Wildman–Crippen LogP) is 8.86. The summed E-state index contributed by atoms with van der Waals surface area (Å²) in [5.74, 6) is 0.499. The maximum Gasteiger partial charge on any atom is -0.00679 e. The number of fused-ring (bicyclic) bond motifs is 1. The summed E-state index contributed by atoms with van der Waals surface area (Å²) in [5.41, 5.74) is 5.57. The normalized spacial score (nSPS) is 14.7. The van der Waals surface area contributed by atoms with Crippen LogP contribution in [0.1, 0.15) is 71.9 Å². The van der Waals surface area contributed by atoms with Crippen LogP contribution in [0.4, 0.5) is 0 Å². The number of allylic oxidation sites excluding steroid dienone is 8. The van der Waals surface area contributed by atoms with E-state index in [0.717, 1.165) is 6.42 Å². The third-order valence-electron chi connectivity index (χ3n) is 4.41. The molecule has 0 aliphatic heterocycles. The molecule has 0 bridgehead atoms. The van der Waals surface area contributed by atoms with Gasteiger partial charge in [0.25, 0.3) is 0 Å². The van der Waals surface area contributed by atoms with E-state index in [-0.39, 0.29) is 0 Å². The number of rotatable bonds is 3. The van der Waals surface area contributed by atoms with E-state index >= 15 is 0 Å². The van der Waals surface area contributed by atoms with Crippen LogP contribution < -0.4 is 0 Å². The van der Waals surface area contributed by atoms with Gasteiger partial charge in [0.15, 0.2) is 0 Å². The standard InChI is InChI=1S/C23H24.2C2H6/c1-4-10-21(18-11-6-5-7-12-18)23-20(17(2)3)16-15-19-13-8-9-14-22(19)23;2*1-2/h4-11,13-17H,12H2,1-3H3;2*1-2H3/b10-4-,21-18+;;. The van der Waals surface area contributed by atoms with Gasteiger partial charge in [0.2, 0.25) is 0 Å². The highest BCUT2D eigenvalue weighted by molar-refractivity contribution is 5.99. The van der Waals surface area contributed by atoms with Gasteiger partial charge in [-0.25, -0.2) is 0 Å². The van der Waals surface area contributed by atoms with Gasteiger partial charge in [-0.2, -0.15) is 0 Å². The fraction of sp³-hybridized carbons (Fsp3) is 0.333. The zero-order valence-corrected chi connectivity index (χ0v) is 18.2. The van der Waals surface area contributed by atoms with Crippen molar-refractivity contribution in [2.45, 2.75) is 60.8 Å². The van der Waals surface area contributed by atoms with Gasteiger partial charge >= 0.3 is 0 Å². The highest BCUT2D eigenvalue weighted by Gasteiger charge is 2.15. The van der Waals surface area contributed by atoms with E-state index in [1.165, 1.54) is 33.0 Å². The molecule has 0 spiro atoms. The van der Waals surface area contributed by atoms with Crippen LogP contribution in [0.5, 0.6) is 0 Å². The van der Waals surface area contributed by atoms with Gasteiger partial charge < -0.3 is 0 Å². The molecular weight excluding hydrogens is 324 g/mol. The molecule has 0 unspecified atom stereocenters. The van der Waals surface area contributed by atoms with E-state index in [1.807, 2.05) is 27.7 Å². The predicted molar refractivity (Wildman–Crippen MR) is 125 cm³/mol. The monoisotopic (exact) mass is 360 g/mol. The van der Waals surface area contributed by atoms with Crippen LogP contribution in [0.2, 0.25) is 0 Å². The molecule has 0 amide bonds. The molecule has 3 rings (SSSR count). The number of benzene rings is 2. The van der Waals surface area contributed by atoms with Crippen LogP contribution in [0, 0.1) is 0 Å². The lowest BCUT2D eigenvalue weighted by atomic mass is 9.85. The van der Waals surface area contributed by atoms with Crippen molar-refractivity contribution >= 4 is 16.3 Å². The first-order valence-electron chi connectivity index (χ1n) is 10.4. The van der Waals surface area contributed by atoms with Crippen LogP contribution in [0.3, 0.4) is 0 Å². The van der Waals surface area contributed by atoms with Crippen molar-refractivity contribution in [3.05, 3.63) is 89.6 Å². The molecule has 1 aliphatic carbocycles. The van der Waals surface area contributed by atoms with Gasteiger partial charge in [0.05, 0.1) is 0 Å². The van der Waals surface area contributed by atoms with Crippen LogP contribution in [-0.4, -0.2) is 0 Å². The molecule has 1 aliphatic rings. The molecule has 0 N–H and O–H groups in total. The minimum atomic E-state index is 0.499. The summed E-state index contributed by atoms with van der Waals surface area (Å²) in [5, 5.41) is 2.66. The van der Waals surface area contributed by atoms with E-state index in [2.05, 4.69) is 93.6 Å². The Morgan fingerprint density at radius 2 is 1.63 bits per heavy atom. The van der Waals surface area contributed by atoms with Crippen molar-refractivity contribution in [3.63, 3.8) is 0 Å². The van der Waals surface area contributed by atoms with Crippen molar-refractivity contribution in [3.8, 4) is 0 Å². The zero-order chi connectivity index (χ0) is 20.2. The SMILES string of the molecule is C/C=C\C(=C1\C=CC=CC1)c1c(C(C)C)ccc2ccccc12.CC.CC. The summed E-state index contributed by atoms with van der Waals surface area (Å²) in [7, 11) is 0. The van der Waals surface area contributed by atoms with Crippen molar-refractivity contribution in [2.75, 3.05) is 0 Å². The highest BCUT2D eigenvalue weighted by atomic mass is 14.2. The van der Waals surface area contributed by atoms with Gasteiger partial charge in [0.1, 0.15) is 0 Å². The maximum atomic E-state index is 2.30. The Morgan fingerprint density at radius 1 is 0.926 bits per heavy atom. The van der Waals surface area contributed by atoms with E-state index < -0.39 is 0 Å². The molecule has 0 saturated carbocycles. The van der Waals surface area contributed by atoms with Gasteiger partial charge in [-0.05, 0) is 52.3 Å². The van der Waals surface area contributed by atoms with Crippen molar-refractivity contribution < 1.29 is 0 Å². The smallest absolute Gasteiger partial charge is 0.00679 e. The van der Waals surface area contributed by atoms with Crippen LogP contribution in [-0.2, 0) is 0 Å². The summed E-state index contributed by atoms with van der Waals surface area (Å²) >= 11 is 0. The second-order valence-electron chi connectivity index (χ2n) is 6.34. The van der Waals surface area contributed by atoms with Crippen molar-refractivity contribution in [1.29, 1.82) is 0 Å². The average molecular weight is 361 g/mol. The second-order valence-corrected chi connectivity index (χ2v) is 6.34. The number of hydrogen-bond donors (Lipinski definition) is 0. The Hall–Kier alpha value is -2.34. The molecule has 27 heavy (non-hydrogen) atoms. The molecule has 0 nitrogen and oxygen atoms in total. The molecular formula is C27H36. The Balaban J connectivity index is 0.000000855. The molecule has 2 aromatic carbocycles. The van der Waals surface area contributed by atoms with Crippen LogP contribution in [0.15, 0.2) is 78.4 Å². The summed E-state index contributed by atoms with van der Waals surface area (Å²) in [4.78, 5) is 0. The summed E-state index contributed by atoms with van der Waals surface area (Å²) in [6.07, 6.45) is 14.2. The molecule has 0 radical (unpaired) electrons. The molecule has 144 valence electrons. The first kappa shape index (κ1) is 22.7. The fourth-order valence-corrected chi connectivity index (χ4v) is 3.30. The Morgan fingerprint density at radius 3 is 2.22 bits per heavy atom. The first-order chi connectivity index (χ1) is 13.2. The van der Waals surface area contributed by atoms with Crippen molar-refractivity contribution in [1.82, 2.24) is 0 Å². The van der Waals surface area contributed by atoms with Gasteiger partial charge in [-0.15, -0.1) is 0 Å². The molecule has 2 aromatic rings. The van der Waals surface area contributed by atoms with E-state index in [9.17, 15) is 0 Å². The Bertz CT molecular complexity index is 826. The Kier molecular flexibility index (Phi) is 10.2.